The van der Waals surface area contributed by atoms with Gasteiger partial charge in [0, 0.05) is 59.8 Å². The third-order valence-electron chi connectivity index (χ3n) is 6.27. The first kappa shape index (κ1) is 22.9. The normalized spacial score (nSPS) is 15.2. The summed E-state index contributed by atoms with van der Waals surface area (Å²) in [5.41, 5.74) is 0.988. The van der Waals surface area contributed by atoms with Crippen LogP contribution in [-0.2, 0) is 32.0 Å². The molecule has 9 nitrogen and oxygen atoms in total. The molecule has 10 heteroatoms. The second-order valence-electron chi connectivity index (χ2n) is 8.56. The summed E-state index contributed by atoms with van der Waals surface area (Å²) in [7, 11) is 3.04. The van der Waals surface area contributed by atoms with Crippen LogP contribution in [0.2, 0.25) is 0 Å². The van der Waals surface area contributed by atoms with Crippen LogP contribution in [0.25, 0.3) is 11.2 Å². The Labute approximate surface area is 190 Å². The van der Waals surface area contributed by atoms with Gasteiger partial charge in [0.25, 0.3) is 5.56 Å². The Morgan fingerprint density at radius 3 is 2.55 bits per heavy atom. The highest BCUT2D eigenvalue weighted by atomic mass is 19.1. The van der Waals surface area contributed by atoms with Gasteiger partial charge in [-0.3, -0.25) is 23.6 Å². The number of amides is 1. The Balaban J connectivity index is 1.32. The molecule has 0 radical (unpaired) electrons. The van der Waals surface area contributed by atoms with Crippen LogP contribution < -0.4 is 11.2 Å². The molecule has 1 saturated heterocycles. The van der Waals surface area contributed by atoms with Crippen LogP contribution in [0.3, 0.4) is 0 Å². The van der Waals surface area contributed by atoms with Crippen molar-refractivity contribution in [2.45, 2.75) is 32.4 Å². The second kappa shape index (κ2) is 9.70. The molecule has 3 aromatic rings. The Kier molecular flexibility index (Phi) is 6.73. The van der Waals surface area contributed by atoms with E-state index in [1.165, 1.54) is 23.7 Å². The maximum Gasteiger partial charge on any atom is 0.332 e. The summed E-state index contributed by atoms with van der Waals surface area (Å²) in [6, 6.07) is 6.55. The Morgan fingerprint density at radius 2 is 1.79 bits per heavy atom. The van der Waals surface area contributed by atoms with Crippen molar-refractivity contribution >= 4 is 17.1 Å². The number of carbonyl (C=O) groups is 1. The number of halogens is 1. The van der Waals surface area contributed by atoms with E-state index in [0.29, 0.717) is 37.1 Å². The largest absolute Gasteiger partial charge is 0.341 e. The molecule has 0 bridgehead atoms. The minimum atomic E-state index is -0.414. The molecule has 0 saturated carbocycles. The topological polar surface area (TPSA) is 85.4 Å². The van der Waals surface area contributed by atoms with Crippen LogP contribution in [0.15, 0.2) is 40.2 Å². The lowest BCUT2D eigenvalue weighted by Gasteiger charge is -2.22. The molecule has 0 spiro atoms. The monoisotopic (exact) mass is 456 g/mol. The van der Waals surface area contributed by atoms with E-state index >= 15 is 0 Å². The molecule has 1 aliphatic heterocycles. The van der Waals surface area contributed by atoms with Crippen molar-refractivity contribution < 1.29 is 9.18 Å². The molecule has 2 aromatic heterocycles. The molecule has 0 unspecified atom stereocenters. The molecule has 1 aliphatic rings. The zero-order valence-corrected chi connectivity index (χ0v) is 19.0. The Bertz CT molecular complexity index is 1260. The highest BCUT2D eigenvalue weighted by Crippen LogP contribution is 2.12. The third kappa shape index (κ3) is 4.90. The highest BCUT2D eigenvalue weighted by molar-refractivity contribution is 5.76. The second-order valence-corrected chi connectivity index (χ2v) is 8.56. The van der Waals surface area contributed by atoms with Gasteiger partial charge in [0.05, 0.1) is 6.33 Å². The van der Waals surface area contributed by atoms with Crippen molar-refractivity contribution in [2.75, 3.05) is 26.2 Å². The molecule has 3 heterocycles. The van der Waals surface area contributed by atoms with Gasteiger partial charge in [-0.2, -0.15) is 0 Å². The number of rotatable bonds is 6. The molecule has 0 aliphatic carbocycles. The van der Waals surface area contributed by atoms with Crippen LogP contribution in [0.5, 0.6) is 0 Å². The van der Waals surface area contributed by atoms with Crippen molar-refractivity contribution in [3.8, 4) is 0 Å². The quantitative estimate of drug-likeness (QED) is 0.554. The van der Waals surface area contributed by atoms with Crippen molar-refractivity contribution in [3.05, 3.63) is 62.8 Å². The number of hydrogen-bond acceptors (Lipinski definition) is 5. The van der Waals surface area contributed by atoms with E-state index in [0.717, 1.165) is 42.7 Å². The van der Waals surface area contributed by atoms with Crippen molar-refractivity contribution in [2.24, 2.45) is 14.1 Å². The van der Waals surface area contributed by atoms with Crippen molar-refractivity contribution in [1.29, 1.82) is 0 Å². The van der Waals surface area contributed by atoms with Gasteiger partial charge >= 0.3 is 5.69 Å². The summed E-state index contributed by atoms with van der Waals surface area (Å²) >= 11 is 0. The van der Waals surface area contributed by atoms with E-state index < -0.39 is 5.69 Å². The van der Waals surface area contributed by atoms with Gasteiger partial charge in [0.1, 0.15) is 5.82 Å². The molecule has 0 N–H and O–H groups in total. The standard InChI is InChI=1S/C23H29FN6O3/c1-26-21-20(22(32)27(2)23(26)33)30(16-25-21)11-3-5-19(31)29-12-4-10-28(13-14-29)15-17-6-8-18(24)9-7-17/h6-9,16H,3-5,10-15H2,1-2H3. The van der Waals surface area contributed by atoms with Crippen molar-refractivity contribution in [1.82, 2.24) is 28.5 Å². The molecule has 0 atom stereocenters. The average Bonchev–Trinajstić information content (AvgIpc) is 3.09. The summed E-state index contributed by atoms with van der Waals surface area (Å²) in [4.78, 5) is 45.8. The lowest BCUT2D eigenvalue weighted by Crippen LogP contribution is -2.37. The molecular weight excluding hydrogens is 427 g/mol. The number of aromatic nitrogens is 4. The average molecular weight is 457 g/mol. The van der Waals surface area contributed by atoms with Gasteiger partial charge in [-0.05, 0) is 30.5 Å². The number of fused-ring (bicyclic) bond motifs is 1. The zero-order chi connectivity index (χ0) is 23.5. The van der Waals surface area contributed by atoms with Crippen LogP contribution in [-0.4, -0.2) is 60.6 Å². The summed E-state index contributed by atoms with van der Waals surface area (Å²) in [5.74, 6) is -0.136. The predicted octanol–water partition coefficient (Wildman–Crippen LogP) is 1.09. The minimum Gasteiger partial charge on any atom is -0.341 e. The number of aryl methyl sites for hydroxylation is 2. The van der Waals surface area contributed by atoms with Gasteiger partial charge in [-0.15, -0.1) is 0 Å². The van der Waals surface area contributed by atoms with Crippen LogP contribution in [0, 0.1) is 5.82 Å². The first-order chi connectivity index (χ1) is 15.8. The van der Waals surface area contributed by atoms with Gasteiger partial charge in [-0.1, -0.05) is 12.1 Å². The molecule has 176 valence electrons. The van der Waals surface area contributed by atoms with Crippen LogP contribution in [0.4, 0.5) is 4.39 Å². The maximum absolute atomic E-state index is 13.1. The fourth-order valence-electron chi connectivity index (χ4n) is 4.35. The van der Waals surface area contributed by atoms with E-state index in [4.69, 9.17) is 0 Å². The first-order valence-electron chi connectivity index (χ1n) is 11.2. The highest BCUT2D eigenvalue weighted by Gasteiger charge is 2.20. The number of imidazole rings is 1. The summed E-state index contributed by atoms with van der Waals surface area (Å²) in [6.07, 6.45) is 3.40. The lowest BCUT2D eigenvalue weighted by atomic mass is 10.2. The number of carbonyl (C=O) groups excluding carboxylic acids is 1. The fourth-order valence-corrected chi connectivity index (χ4v) is 4.35. The summed E-state index contributed by atoms with van der Waals surface area (Å²) in [5, 5.41) is 0. The first-order valence-corrected chi connectivity index (χ1v) is 11.2. The SMILES string of the molecule is Cn1c(=O)c2c(ncn2CCCC(=O)N2CCCN(Cc3ccc(F)cc3)CC2)n(C)c1=O. The Morgan fingerprint density at radius 1 is 1.03 bits per heavy atom. The zero-order valence-electron chi connectivity index (χ0n) is 19.0. The fraction of sp³-hybridized carbons (Fsp3) is 0.478. The molecule has 1 aromatic carbocycles. The number of hydrogen-bond donors (Lipinski definition) is 0. The van der Waals surface area contributed by atoms with E-state index in [1.54, 1.807) is 30.1 Å². The van der Waals surface area contributed by atoms with Gasteiger partial charge in [0.15, 0.2) is 11.2 Å². The van der Waals surface area contributed by atoms with Crippen LogP contribution in [0.1, 0.15) is 24.8 Å². The molecular formula is C23H29FN6O3. The van der Waals surface area contributed by atoms with E-state index in [2.05, 4.69) is 9.88 Å². The summed E-state index contributed by atoms with van der Waals surface area (Å²) in [6.45, 7) is 4.27. The predicted molar refractivity (Wildman–Crippen MR) is 122 cm³/mol. The minimum absolute atomic E-state index is 0.100. The smallest absolute Gasteiger partial charge is 0.332 e. The van der Waals surface area contributed by atoms with E-state index in [-0.39, 0.29) is 17.3 Å². The molecule has 33 heavy (non-hydrogen) atoms. The third-order valence-corrected chi connectivity index (χ3v) is 6.27. The maximum atomic E-state index is 13.1. The molecule has 1 fully saturated rings. The Hall–Kier alpha value is -3.27. The van der Waals surface area contributed by atoms with E-state index in [9.17, 15) is 18.8 Å². The lowest BCUT2D eigenvalue weighted by molar-refractivity contribution is -0.131. The van der Waals surface area contributed by atoms with E-state index in [1.807, 2.05) is 4.90 Å². The van der Waals surface area contributed by atoms with Crippen molar-refractivity contribution in [3.63, 3.8) is 0 Å². The summed E-state index contributed by atoms with van der Waals surface area (Å²) < 4.78 is 17.3. The van der Waals surface area contributed by atoms with Crippen LogP contribution >= 0.6 is 0 Å². The van der Waals surface area contributed by atoms with Gasteiger partial charge < -0.3 is 9.47 Å². The number of nitrogens with zero attached hydrogens (tertiary/aromatic N) is 6. The number of benzene rings is 1. The van der Waals surface area contributed by atoms with Gasteiger partial charge in [-0.25, -0.2) is 14.2 Å². The van der Waals surface area contributed by atoms with Gasteiger partial charge in [0.2, 0.25) is 5.91 Å². The molecule has 4 rings (SSSR count). The molecule has 1 amide bonds.